The molecule has 56 heavy (non-hydrogen) atoms. The molecule has 0 aliphatic carbocycles. The average Bonchev–Trinajstić information content (AvgIpc) is 3.82. The number of hydrogen-bond donors (Lipinski definition) is 0. The van der Waals surface area contributed by atoms with Crippen LogP contribution in [0.2, 0.25) is 17.3 Å². The van der Waals surface area contributed by atoms with Crippen molar-refractivity contribution in [1.82, 2.24) is 19.5 Å². The van der Waals surface area contributed by atoms with Gasteiger partial charge in [0.2, 0.25) is 5.71 Å². The molecule has 0 saturated carbocycles. The molecule has 277 valence electrons. The molecule has 0 unspecified atom stereocenters. The largest absolute Gasteiger partial charge is 0.486 e. The monoisotopic (exact) mass is 976 g/mol. The van der Waals surface area contributed by atoms with Gasteiger partial charge < -0.3 is 8.98 Å². The number of nitrogens with zero attached hydrogens (tertiary/aromatic N) is 4. The van der Waals surface area contributed by atoms with Crippen molar-refractivity contribution >= 4 is 72.4 Å². The number of hydrogen-bond acceptors (Lipinski definition) is 4. The van der Waals surface area contributed by atoms with E-state index in [4.69, 9.17) is 26.7 Å². The first kappa shape index (κ1) is 28.1. The quantitative estimate of drug-likeness (QED) is 0.130. The summed E-state index contributed by atoms with van der Waals surface area (Å²) in [6.07, 6.45) is 0. The molecule has 4 aromatic heterocycles. The predicted molar refractivity (Wildman–Crippen MR) is 231 cm³/mol. The molecule has 0 atom stereocenters. The Labute approximate surface area is 355 Å². The Balaban J connectivity index is 0.000000199. The fraction of sp³-hybridized carbons (Fsp3) is 0.122. The minimum atomic E-state index is -2.82. The molecule has 0 bridgehead atoms. The Bertz CT molecular complexity index is 3370. The number of furan rings is 1. The Morgan fingerprint density at radius 2 is 1.43 bits per heavy atom. The van der Waals surface area contributed by atoms with Gasteiger partial charge in [0.05, 0.1) is 28.0 Å². The molecule has 6 aromatic carbocycles. The van der Waals surface area contributed by atoms with Crippen LogP contribution in [0, 0.1) is 32.7 Å². The summed E-state index contributed by atoms with van der Waals surface area (Å²) >= 11 is -2.82. The SMILES string of the molecule is [2H]C([2H])([2H])c1cc(-c2[c-]cccc2)nc(C([2H])([2H])[2H])[c]1[Ge]([CH3])([CH3])[CH3].[2H]C([2H])([2H])c1cccc2nc3oc4c(-c5nc6ccccc6n5-c5cccc6ccccc56)[c-]ccc4c3cc12.[Ir]. The maximum Gasteiger partial charge on any atom is 0.216 e. The zero-order chi connectivity index (χ0) is 45.3. The van der Waals surface area contributed by atoms with Crippen LogP contribution in [-0.2, 0) is 20.1 Å². The van der Waals surface area contributed by atoms with E-state index in [1.54, 1.807) is 36.4 Å². The van der Waals surface area contributed by atoms with Gasteiger partial charge in [-0.15, -0.1) is 18.2 Å². The van der Waals surface area contributed by atoms with E-state index in [1.807, 2.05) is 71.9 Å². The van der Waals surface area contributed by atoms with E-state index in [2.05, 4.69) is 58.1 Å². The van der Waals surface area contributed by atoms with Crippen LogP contribution in [0.3, 0.4) is 0 Å². The smallest absolute Gasteiger partial charge is 0.216 e. The fourth-order valence-corrected chi connectivity index (χ4v) is 10.8. The van der Waals surface area contributed by atoms with Gasteiger partial charge in [-0.05, 0) is 48.1 Å². The third-order valence-corrected chi connectivity index (χ3v) is 14.0. The molecule has 1 radical (unpaired) electrons. The number of rotatable bonds is 4. The molecule has 0 spiro atoms. The van der Waals surface area contributed by atoms with Gasteiger partial charge >= 0.3 is 121 Å². The van der Waals surface area contributed by atoms with Crippen molar-refractivity contribution < 1.29 is 36.9 Å². The van der Waals surface area contributed by atoms with E-state index < -0.39 is 33.8 Å². The van der Waals surface area contributed by atoms with Crippen LogP contribution >= 0.6 is 0 Å². The normalized spacial score (nSPS) is 14.7. The van der Waals surface area contributed by atoms with Crippen molar-refractivity contribution in [2.45, 2.75) is 37.8 Å². The van der Waals surface area contributed by atoms with Gasteiger partial charge in [-0.25, -0.2) is 4.98 Å². The van der Waals surface area contributed by atoms with Crippen LogP contribution in [0.5, 0.6) is 0 Å². The zero-order valence-electron chi connectivity index (χ0n) is 39.7. The third-order valence-electron chi connectivity index (χ3n) is 9.81. The van der Waals surface area contributed by atoms with Crippen molar-refractivity contribution in [2.75, 3.05) is 0 Å². The fourth-order valence-electron chi connectivity index (χ4n) is 7.35. The second-order valence-corrected chi connectivity index (χ2v) is 25.0. The summed E-state index contributed by atoms with van der Waals surface area (Å²) in [6.45, 7) is -7.10. The molecule has 0 aliphatic rings. The van der Waals surface area contributed by atoms with Crippen LogP contribution in [0.1, 0.15) is 29.2 Å². The Hall–Kier alpha value is -5.40. The van der Waals surface area contributed by atoms with E-state index in [-0.39, 0.29) is 36.9 Å². The third kappa shape index (κ3) is 6.66. The number of aryl methyl sites for hydroxylation is 3. The maximum absolute atomic E-state index is 8.02. The molecular formula is C49H40GeIrN4O-2. The van der Waals surface area contributed by atoms with E-state index in [1.165, 1.54) is 6.07 Å². The summed E-state index contributed by atoms with van der Waals surface area (Å²) < 4.78 is 80.3. The van der Waals surface area contributed by atoms with E-state index in [0.717, 1.165) is 38.3 Å². The van der Waals surface area contributed by atoms with Crippen LogP contribution in [0.4, 0.5) is 0 Å². The van der Waals surface area contributed by atoms with E-state index in [0.29, 0.717) is 49.2 Å². The molecule has 10 aromatic rings. The molecule has 5 nitrogen and oxygen atoms in total. The number of benzene rings is 6. The summed E-state index contributed by atoms with van der Waals surface area (Å²) in [5.41, 5.74) is 6.41. The van der Waals surface area contributed by atoms with Crippen LogP contribution in [0.25, 0.3) is 83.1 Å². The molecular weight excluding hydrogens is 925 g/mol. The molecule has 0 saturated heterocycles. The van der Waals surface area contributed by atoms with Gasteiger partial charge in [0.1, 0.15) is 0 Å². The Morgan fingerprint density at radius 3 is 2.25 bits per heavy atom. The van der Waals surface area contributed by atoms with Gasteiger partial charge in [-0.3, -0.25) is 4.98 Å². The van der Waals surface area contributed by atoms with Crippen LogP contribution in [-0.4, -0.2) is 32.8 Å². The Morgan fingerprint density at radius 1 is 0.643 bits per heavy atom. The standard InChI is InChI=1S/C33H20N3O.C16H20GeN.Ir/c1-20-9-6-16-27-25(20)19-26-23-13-8-14-24(31(23)37-33(26)35-27)32-34-28-15-4-5-17-30(28)36(32)29-18-7-11-21-10-2-3-12-22(21)29;1-12-11-15(14-9-7-6-8-10-14)18-13(2)16(12)17(3,4)5;/h2-13,15-19H,1H3;6-9,11H,1-5H3;/q2*-1;/i1D3;1D3,2D3;. The molecule has 4 heterocycles. The first-order valence-corrected chi connectivity index (χ1v) is 25.3. The molecule has 10 rings (SSSR count). The topological polar surface area (TPSA) is 56.7 Å². The van der Waals surface area contributed by atoms with Crippen molar-refractivity contribution in [1.29, 1.82) is 0 Å². The van der Waals surface area contributed by atoms with Gasteiger partial charge in [0, 0.05) is 46.1 Å². The maximum atomic E-state index is 8.02. The van der Waals surface area contributed by atoms with Gasteiger partial charge in [0.25, 0.3) is 0 Å². The van der Waals surface area contributed by atoms with Crippen molar-refractivity contribution in [2.24, 2.45) is 0 Å². The van der Waals surface area contributed by atoms with Gasteiger partial charge in [0.15, 0.2) is 0 Å². The summed E-state index contributed by atoms with van der Waals surface area (Å²) in [6, 6.07) is 48.4. The minimum absolute atomic E-state index is 0. The van der Waals surface area contributed by atoms with Gasteiger partial charge in [-0.1, -0.05) is 71.6 Å². The summed E-state index contributed by atoms with van der Waals surface area (Å²) in [5, 5.41) is 4.42. The summed E-state index contributed by atoms with van der Waals surface area (Å²) in [4.78, 5) is 14.2. The van der Waals surface area contributed by atoms with Crippen LogP contribution < -0.4 is 4.40 Å². The van der Waals surface area contributed by atoms with Gasteiger partial charge in [-0.2, -0.15) is 0 Å². The molecule has 0 amide bonds. The van der Waals surface area contributed by atoms with Crippen molar-refractivity contribution in [3.05, 3.63) is 162 Å². The number of imidazole rings is 1. The molecule has 0 aliphatic heterocycles. The number of para-hydroxylation sites is 2. The van der Waals surface area contributed by atoms with E-state index >= 15 is 0 Å². The Kier molecular flexibility index (Phi) is 7.48. The summed E-state index contributed by atoms with van der Waals surface area (Å²) in [7, 11) is 0. The zero-order valence-corrected chi connectivity index (χ0v) is 35.2. The van der Waals surface area contributed by atoms with Crippen molar-refractivity contribution in [3.8, 4) is 28.3 Å². The van der Waals surface area contributed by atoms with Crippen LogP contribution in [0.15, 0.2) is 138 Å². The second-order valence-electron chi connectivity index (χ2n) is 14.5. The first-order valence-electron chi connectivity index (χ1n) is 22.5. The van der Waals surface area contributed by atoms with E-state index in [9.17, 15) is 0 Å². The number of fused-ring (bicyclic) bond motifs is 6. The molecule has 7 heteroatoms. The predicted octanol–water partition coefficient (Wildman–Crippen LogP) is 12.1. The first-order chi connectivity index (χ1) is 30.3. The number of pyridine rings is 2. The molecule has 0 N–H and O–H groups in total. The second kappa shape index (κ2) is 14.9. The average molecular weight is 975 g/mol. The number of aromatic nitrogens is 4. The summed E-state index contributed by atoms with van der Waals surface area (Å²) in [5.74, 6) is 6.65. The molecule has 0 fully saturated rings. The van der Waals surface area contributed by atoms with Crippen molar-refractivity contribution in [3.63, 3.8) is 0 Å². The minimum Gasteiger partial charge on any atom is -0.486 e.